The summed E-state index contributed by atoms with van der Waals surface area (Å²) in [6, 6.07) is 3.36. The Labute approximate surface area is 139 Å². The second-order valence-corrected chi connectivity index (χ2v) is 5.77. The molecule has 0 spiro atoms. The topological polar surface area (TPSA) is 103 Å². The fourth-order valence-corrected chi connectivity index (χ4v) is 2.80. The van der Waals surface area contributed by atoms with E-state index in [1.54, 1.807) is 0 Å². The zero-order chi connectivity index (χ0) is 16.8. The third-order valence-corrected chi connectivity index (χ3v) is 4.03. The summed E-state index contributed by atoms with van der Waals surface area (Å²) in [5.41, 5.74) is 0. The van der Waals surface area contributed by atoms with Crippen LogP contribution in [-0.2, 0) is 0 Å². The summed E-state index contributed by atoms with van der Waals surface area (Å²) in [5, 5.41) is 14.1. The highest BCUT2D eigenvalue weighted by atomic mass is 16.6. The van der Waals surface area contributed by atoms with Gasteiger partial charge in [0.05, 0.1) is 18.5 Å². The average molecular weight is 332 g/mol. The molecule has 8 nitrogen and oxygen atoms in total. The number of nitrogens with one attached hydrogen (secondary N) is 1. The summed E-state index contributed by atoms with van der Waals surface area (Å²) >= 11 is 0. The van der Waals surface area contributed by atoms with Gasteiger partial charge in [0.25, 0.3) is 0 Å². The van der Waals surface area contributed by atoms with Gasteiger partial charge in [0.1, 0.15) is 11.5 Å². The van der Waals surface area contributed by atoms with Crippen LogP contribution in [0.3, 0.4) is 0 Å². The van der Waals surface area contributed by atoms with E-state index in [-0.39, 0.29) is 17.5 Å². The van der Waals surface area contributed by atoms with Crippen molar-refractivity contribution in [1.29, 1.82) is 0 Å². The highest BCUT2D eigenvalue weighted by Crippen LogP contribution is 2.23. The minimum absolute atomic E-state index is 0.257. The van der Waals surface area contributed by atoms with E-state index in [2.05, 4.69) is 15.3 Å². The van der Waals surface area contributed by atoms with E-state index in [4.69, 9.17) is 9.15 Å². The van der Waals surface area contributed by atoms with Crippen molar-refractivity contribution in [2.75, 3.05) is 13.2 Å². The lowest BCUT2D eigenvalue weighted by atomic mass is 9.96. The van der Waals surface area contributed by atoms with E-state index < -0.39 is 4.92 Å². The van der Waals surface area contributed by atoms with Crippen LogP contribution in [0.4, 0.5) is 5.88 Å². The largest absolute Gasteiger partial charge is 0.489 e. The highest BCUT2D eigenvalue weighted by molar-refractivity contribution is 5.48. The number of ether oxygens (including phenoxy) is 1. The molecule has 0 bridgehead atoms. The third-order valence-electron chi connectivity index (χ3n) is 4.03. The summed E-state index contributed by atoms with van der Waals surface area (Å²) in [6.07, 6.45) is 9.52. The van der Waals surface area contributed by atoms with Gasteiger partial charge in [-0.25, -0.2) is 9.97 Å². The van der Waals surface area contributed by atoms with E-state index in [9.17, 15) is 10.1 Å². The number of rotatable bonds is 7. The van der Waals surface area contributed by atoms with Gasteiger partial charge in [0, 0.05) is 12.6 Å². The van der Waals surface area contributed by atoms with E-state index in [0.29, 0.717) is 18.4 Å². The van der Waals surface area contributed by atoms with Crippen molar-refractivity contribution < 1.29 is 14.1 Å². The van der Waals surface area contributed by atoms with Crippen LogP contribution >= 0.6 is 0 Å². The summed E-state index contributed by atoms with van der Waals surface area (Å²) < 4.78 is 10.7. The normalized spacial score (nSPS) is 15.3. The summed E-state index contributed by atoms with van der Waals surface area (Å²) in [6.45, 7) is 1.34. The van der Waals surface area contributed by atoms with Gasteiger partial charge in [-0.05, 0) is 18.9 Å². The maximum absolute atomic E-state index is 10.6. The molecule has 0 amide bonds. The number of furan rings is 1. The van der Waals surface area contributed by atoms with Crippen molar-refractivity contribution in [3.63, 3.8) is 0 Å². The van der Waals surface area contributed by atoms with Crippen molar-refractivity contribution in [2.45, 2.75) is 38.1 Å². The maximum atomic E-state index is 10.6. The summed E-state index contributed by atoms with van der Waals surface area (Å²) in [7, 11) is 0. The standard InChI is InChI=1S/C16H20N4O4/c21-20(22)15-7-6-14(24-15)16-18-10-13(11-19-16)23-9-8-17-12-4-2-1-3-5-12/h6-7,10-12,17H,1-5,8-9H2. The van der Waals surface area contributed by atoms with Gasteiger partial charge in [-0.2, -0.15) is 0 Å². The van der Waals surface area contributed by atoms with Crippen LogP contribution in [0.1, 0.15) is 32.1 Å². The number of hydrogen-bond acceptors (Lipinski definition) is 7. The molecule has 1 aliphatic carbocycles. The van der Waals surface area contributed by atoms with Crippen LogP contribution < -0.4 is 10.1 Å². The molecule has 1 N–H and O–H groups in total. The first-order valence-electron chi connectivity index (χ1n) is 8.15. The molecule has 0 aromatic carbocycles. The zero-order valence-electron chi connectivity index (χ0n) is 13.3. The molecule has 1 saturated carbocycles. The van der Waals surface area contributed by atoms with Crippen LogP contribution in [0.15, 0.2) is 28.9 Å². The van der Waals surface area contributed by atoms with Crippen LogP contribution in [0.25, 0.3) is 11.6 Å². The van der Waals surface area contributed by atoms with Crippen LogP contribution in [0.5, 0.6) is 5.75 Å². The van der Waals surface area contributed by atoms with Gasteiger partial charge in [0.15, 0.2) is 17.3 Å². The Morgan fingerprint density at radius 2 is 2.00 bits per heavy atom. The van der Waals surface area contributed by atoms with E-state index in [0.717, 1.165) is 6.54 Å². The van der Waals surface area contributed by atoms with Crippen molar-refractivity contribution >= 4 is 5.88 Å². The molecular weight excluding hydrogens is 312 g/mol. The minimum atomic E-state index is -0.597. The van der Waals surface area contributed by atoms with Gasteiger partial charge in [-0.3, -0.25) is 10.1 Å². The maximum Gasteiger partial charge on any atom is 0.433 e. The van der Waals surface area contributed by atoms with Crippen molar-refractivity contribution in [2.24, 2.45) is 0 Å². The minimum Gasteiger partial charge on any atom is -0.489 e. The van der Waals surface area contributed by atoms with E-state index >= 15 is 0 Å². The first-order valence-corrected chi connectivity index (χ1v) is 8.15. The first kappa shape index (κ1) is 16.4. The number of nitrogens with zero attached hydrogens (tertiary/aromatic N) is 3. The SMILES string of the molecule is O=[N+]([O-])c1ccc(-c2ncc(OCCNC3CCCCC3)cn2)o1. The van der Waals surface area contributed by atoms with E-state index in [1.807, 2.05) is 0 Å². The van der Waals surface area contributed by atoms with Crippen molar-refractivity contribution in [1.82, 2.24) is 15.3 Å². The monoisotopic (exact) mass is 332 g/mol. The van der Waals surface area contributed by atoms with Gasteiger partial charge >= 0.3 is 5.88 Å². The molecule has 24 heavy (non-hydrogen) atoms. The first-order chi connectivity index (χ1) is 11.7. The Hall–Kier alpha value is -2.48. The van der Waals surface area contributed by atoms with Crippen LogP contribution in [0, 0.1) is 10.1 Å². The molecule has 128 valence electrons. The molecule has 2 aromatic heterocycles. The Morgan fingerprint density at radius 3 is 2.67 bits per heavy atom. The fourth-order valence-electron chi connectivity index (χ4n) is 2.80. The van der Waals surface area contributed by atoms with Gasteiger partial charge in [-0.1, -0.05) is 19.3 Å². The lowest BCUT2D eigenvalue weighted by molar-refractivity contribution is -0.401. The lowest BCUT2D eigenvalue weighted by Crippen LogP contribution is -2.34. The van der Waals surface area contributed by atoms with Gasteiger partial charge in [0.2, 0.25) is 0 Å². The fraction of sp³-hybridized carbons (Fsp3) is 0.500. The second-order valence-electron chi connectivity index (χ2n) is 5.77. The molecule has 0 aliphatic heterocycles. The smallest absolute Gasteiger partial charge is 0.433 e. The quantitative estimate of drug-likeness (QED) is 0.472. The molecule has 8 heteroatoms. The Balaban J connectivity index is 1.46. The van der Waals surface area contributed by atoms with Crippen LogP contribution in [-0.4, -0.2) is 34.1 Å². The van der Waals surface area contributed by atoms with Crippen molar-refractivity contribution in [3.8, 4) is 17.3 Å². The summed E-state index contributed by atoms with van der Waals surface area (Å²) in [4.78, 5) is 18.2. The summed E-state index contributed by atoms with van der Waals surface area (Å²) in [5.74, 6) is 0.774. The van der Waals surface area contributed by atoms with Crippen molar-refractivity contribution in [3.05, 3.63) is 34.6 Å². The predicted octanol–water partition coefficient (Wildman–Crippen LogP) is 2.95. The average Bonchev–Trinajstić information content (AvgIpc) is 3.11. The van der Waals surface area contributed by atoms with Crippen LogP contribution in [0.2, 0.25) is 0 Å². The molecule has 1 aliphatic rings. The molecular formula is C16H20N4O4. The Bertz CT molecular complexity index is 665. The molecule has 1 fully saturated rings. The zero-order valence-corrected chi connectivity index (χ0v) is 13.3. The lowest BCUT2D eigenvalue weighted by Gasteiger charge is -2.22. The Kier molecular flexibility index (Phi) is 5.37. The predicted molar refractivity (Wildman–Crippen MR) is 86.8 cm³/mol. The van der Waals surface area contributed by atoms with Gasteiger partial charge in [-0.15, -0.1) is 0 Å². The number of hydrogen-bond donors (Lipinski definition) is 1. The highest BCUT2D eigenvalue weighted by Gasteiger charge is 2.15. The van der Waals surface area contributed by atoms with Gasteiger partial charge < -0.3 is 14.5 Å². The molecule has 3 rings (SSSR count). The molecule has 0 radical (unpaired) electrons. The molecule has 2 aromatic rings. The van der Waals surface area contributed by atoms with E-state index in [1.165, 1.54) is 56.6 Å². The second kappa shape index (κ2) is 7.87. The number of nitro groups is 1. The molecule has 2 heterocycles. The Morgan fingerprint density at radius 1 is 1.25 bits per heavy atom. The molecule has 0 unspecified atom stereocenters. The third kappa shape index (κ3) is 4.29. The molecule has 0 atom stereocenters. The number of aromatic nitrogens is 2. The molecule has 0 saturated heterocycles.